The number of nitriles is 1. The lowest BCUT2D eigenvalue weighted by atomic mass is 10.1. The number of halogens is 1. The number of anilines is 3. The molecular weight excluding hydrogens is 438 g/mol. The summed E-state index contributed by atoms with van der Waals surface area (Å²) >= 11 is 6.43. The second-order valence-corrected chi connectivity index (χ2v) is 7.37. The number of hydrogen-bond donors (Lipinski definition) is 2. The van der Waals surface area contributed by atoms with Gasteiger partial charge in [0.1, 0.15) is 18.4 Å². The van der Waals surface area contributed by atoms with Gasteiger partial charge in [0.15, 0.2) is 0 Å². The van der Waals surface area contributed by atoms with Gasteiger partial charge in [0.25, 0.3) is 0 Å². The Bertz CT molecular complexity index is 1380. The Kier molecular flexibility index (Phi) is 6.48. The molecule has 0 aliphatic rings. The highest BCUT2D eigenvalue weighted by Crippen LogP contribution is 2.34. The molecule has 2 aromatic carbocycles. The van der Waals surface area contributed by atoms with Crippen LogP contribution in [0.2, 0.25) is 5.02 Å². The summed E-state index contributed by atoms with van der Waals surface area (Å²) < 4.78 is 5.77. The van der Waals surface area contributed by atoms with Crippen LogP contribution >= 0.6 is 11.6 Å². The molecule has 0 fully saturated rings. The molecule has 0 spiro atoms. The Morgan fingerprint density at radius 1 is 1.15 bits per heavy atom. The number of nitrogens with one attached hydrogen (secondary N) is 2. The molecule has 0 aliphatic carbocycles. The number of benzene rings is 2. The zero-order chi connectivity index (χ0) is 23.2. The van der Waals surface area contributed by atoms with E-state index in [1.165, 1.54) is 12.3 Å². The molecule has 4 rings (SSSR count). The van der Waals surface area contributed by atoms with Gasteiger partial charge in [-0.1, -0.05) is 24.2 Å². The predicted molar refractivity (Wildman–Crippen MR) is 129 cm³/mol. The normalized spacial score (nSPS) is 10.3. The lowest BCUT2D eigenvalue weighted by Gasteiger charge is -2.14. The number of hydrogen-bond acceptors (Lipinski definition) is 6. The van der Waals surface area contributed by atoms with Gasteiger partial charge in [0.05, 0.1) is 27.5 Å². The number of carbonyl (C=O) groups excluding carboxylic acids is 1. The van der Waals surface area contributed by atoms with E-state index in [0.29, 0.717) is 50.9 Å². The fourth-order valence-corrected chi connectivity index (χ4v) is 3.39. The van der Waals surface area contributed by atoms with Crippen molar-refractivity contribution in [3.63, 3.8) is 0 Å². The fourth-order valence-electron chi connectivity index (χ4n) is 3.16. The van der Waals surface area contributed by atoms with E-state index < -0.39 is 0 Å². The van der Waals surface area contributed by atoms with E-state index in [1.807, 2.05) is 18.2 Å². The molecule has 0 bridgehead atoms. The minimum absolute atomic E-state index is 0.292. The number of fused-ring (bicyclic) bond motifs is 1. The van der Waals surface area contributed by atoms with Gasteiger partial charge in [-0.3, -0.25) is 14.8 Å². The highest BCUT2D eigenvalue weighted by atomic mass is 35.5. The molecule has 0 atom stereocenters. The van der Waals surface area contributed by atoms with Crippen molar-refractivity contribution in [1.29, 1.82) is 5.26 Å². The summed E-state index contributed by atoms with van der Waals surface area (Å²) in [6, 6.07) is 18.3. The predicted octanol–water partition coefficient (Wildman–Crippen LogP) is 5.60. The molecule has 33 heavy (non-hydrogen) atoms. The highest BCUT2D eigenvalue weighted by Gasteiger charge is 2.12. The van der Waals surface area contributed by atoms with Gasteiger partial charge < -0.3 is 15.4 Å². The monoisotopic (exact) mass is 455 g/mol. The number of carbonyl (C=O) groups is 1. The fraction of sp³-hybridized carbons (Fsp3) is 0.0400. The molecule has 0 radical (unpaired) electrons. The van der Waals surface area contributed by atoms with Crippen LogP contribution in [0.1, 0.15) is 11.3 Å². The van der Waals surface area contributed by atoms with Crippen LogP contribution < -0.4 is 15.4 Å². The molecule has 0 aliphatic heterocycles. The van der Waals surface area contributed by atoms with E-state index in [2.05, 4.69) is 33.2 Å². The van der Waals surface area contributed by atoms with E-state index in [-0.39, 0.29) is 5.91 Å². The molecule has 7 nitrogen and oxygen atoms in total. The number of rotatable bonds is 7. The number of pyridine rings is 2. The van der Waals surface area contributed by atoms with Crippen molar-refractivity contribution in [2.75, 3.05) is 10.6 Å². The first-order valence-electron chi connectivity index (χ1n) is 9.93. The second kappa shape index (κ2) is 9.81. The Morgan fingerprint density at radius 2 is 2.00 bits per heavy atom. The van der Waals surface area contributed by atoms with Crippen LogP contribution in [0.25, 0.3) is 10.9 Å². The van der Waals surface area contributed by atoms with Crippen LogP contribution in [0.3, 0.4) is 0 Å². The quantitative estimate of drug-likeness (QED) is 0.352. The van der Waals surface area contributed by atoms with Gasteiger partial charge in [-0.25, -0.2) is 0 Å². The van der Waals surface area contributed by atoms with Crippen LogP contribution in [0.15, 0.2) is 79.6 Å². The molecular formula is C25H18ClN5O2. The molecule has 0 unspecified atom stereocenters. The summed E-state index contributed by atoms with van der Waals surface area (Å²) in [7, 11) is 0. The van der Waals surface area contributed by atoms with Crippen LogP contribution in [-0.2, 0) is 11.4 Å². The molecule has 162 valence electrons. The van der Waals surface area contributed by atoms with Gasteiger partial charge in [-0.15, -0.1) is 0 Å². The molecule has 2 N–H and O–H groups in total. The number of nitrogens with zero attached hydrogens (tertiary/aromatic N) is 3. The molecule has 1 amide bonds. The average molecular weight is 456 g/mol. The third-order valence-corrected chi connectivity index (χ3v) is 5.04. The van der Waals surface area contributed by atoms with Gasteiger partial charge in [-0.2, -0.15) is 5.26 Å². The first-order chi connectivity index (χ1) is 16.1. The van der Waals surface area contributed by atoms with Crippen LogP contribution in [0, 0.1) is 11.3 Å². The Hall–Kier alpha value is -4.41. The molecule has 8 heteroatoms. The molecule has 0 saturated heterocycles. The molecule has 4 aromatic rings. The van der Waals surface area contributed by atoms with Crippen LogP contribution in [0.5, 0.6) is 5.75 Å². The SMILES string of the molecule is C=CC(=O)Nc1ccc2ncc(C#N)c(Nc3ccc(OCc4ccccn4)c(Cl)c3)c2c1. The summed E-state index contributed by atoms with van der Waals surface area (Å²) in [6.45, 7) is 3.75. The van der Waals surface area contributed by atoms with E-state index in [4.69, 9.17) is 16.3 Å². The summed E-state index contributed by atoms with van der Waals surface area (Å²) in [4.78, 5) is 20.2. The zero-order valence-corrected chi connectivity index (χ0v) is 18.1. The second-order valence-electron chi connectivity index (χ2n) is 6.96. The standard InChI is InChI=1S/C25H18ClN5O2/c1-2-24(32)30-17-6-8-22-20(11-17)25(16(13-27)14-29-22)31-18-7-9-23(21(26)12-18)33-15-19-5-3-4-10-28-19/h2-12,14H,1,15H2,(H,29,31)(H,30,32). The summed E-state index contributed by atoms with van der Waals surface area (Å²) in [5.74, 6) is 0.184. The summed E-state index contributed by atoms with van der Waals surface area (Å²) in [5, 5.41) is 16.7. The van der Waals surface area contributed by atoms with E-state index in [9.17, 15) is 10.1 Å². The van der Waals surface area contributed by atoms with Gasteiger partial charge in [0.2, 0.25) is 5.91 Å². The van der Waals surface area contributed by atoms with Crippen molar-refractivity contribution in [3.8, 4) is 11.8 Å². The topological polar surface area (TPSA) is 99.9 Å². The largest absolute Gasteiger partial charge is 0.486 e. The van der Waals surface area contributed by atoms with E-state index >= 15 is 0 Å². The highest BCUT2D eigenvalue weighted by molar-refractivity contribution is 6.32. The van der Waals surface area contributed by atoms with Gasteiger partial charge in [0, 0.05) is 29.2 Å². The third-order valence-electron chi connectivity index (χ3n) is 4.74. The van der Waals surface area contributed by atoms with E-state index in [0.717, 1.165) is 5.69 Å². The van der Waals surface area contributed by atoms with Gasteiger partial charge in [-0.05, 0) is 54.6 Å². The lowest BCUT2D eigenvalue weighted by Crippen LogP contribution is -2.07. The summed E-state index contributed by atoms with van der Waals surface area (Å²) in [5.41, 5.74) is 3.57. The van der Waals surface area contributed by atoms with Crippen molar-refractivity contribution in [1.82, 2.24) is 9.97 Å². The van der Waals surface area contributed by atoms with Crippen molar-refractivity contribution < 1.29 is 9.53 Å². The van der Waals surface area contributed by atoms with Crippen molar-refractivity contribution in [3.05, 3.63) is 95.9 Å². The van der Waals surface area contributed by atoms with Crippen LogP contribution in [0.4, 0.5) is 17.1 Å². The maximum atomic E-state index is 11.7. The zero-order valence-electron chi connectivity index (χ0n) is 17.4. The number of amides is 1. The Labute approximate surface area is 195 Å². The minimum atomic E-state index is -0.332. The number of aromatic nitrogens is 2. The maximum absolute atomic E-state index is 11.7. The Balaban J connectivity index is 1.62. The minimum Gasteiger partial charge on any atom is -0.486 e. The first kappa shape index (κ1) is 21.8. The maximum Gasteiger partial charge on any atom is 0.247 e. The van der Waals surface area contributed by atoms with Gasteiger partial charge >= 0.3 is 0 Å². The van der Waals surface area contributed by atoms with Crippen LogP contribution in [-0.4, -0.2) is 15.9 Å². The van der Waals surface area contributed by atoms with Crippen molar-refractivity contribution in [2.45, 2.75) is 6.61 Å². The average Bonchev–Trinajstić information content (AvgIpc) is 2.84. The lowest BCUT2D eigenvalue weighted by molar-refractivity contribution is -0.111. The van der Waals surface area contributed by atoms with E-state index in [1.54, 1.807) is 42.6 Å². The third kappa shape index (κ3) is 5.09. The summed E-state index contributed by atoms with van der Waals surface area (Å²) in [6.07, 6.45) is 4.39. The smallest absolute Gasteiger partial charge is 0.247 e. The molecule has 2 aromatic heterocycles. The Morgan fingerprint density at radius 3 is 2.73 bits per heavy atom. The molecule has 0 saturated carbocycles. The number of ether oxygens (including phenoxy) is 1. The van der Waals surface area contributed by atoms with Crippen molar-refractivity contribution >= 4 is 45.5 Å². The first-order valence-corrected chi connectivity index (χ1v) is 10.3. The van der Waals surface area contributed by atoms with Crippen molar-refractivity contribution in [2.24, 2.45) is 0 Å². The molecule has 2 heterocycles.